The van der Waals surface area contributed by atoms with Crippen LogP contribution in [0.1, 0.15) is 44.6 Å². The molecular formula is C16H23F2N. The van der Waals surface area contributed by atoms with Gasteiger partial charge in [0.15, 0.2) is 0 Å². The quantitative estimate of drug-likeness (QED) is 0.867. The molecule has 3 heteroatoms. The van der Waals surface area contributed by atoms with E-state index in [1.807, 2.05) is 7.05 Å². The van der Waals surface area contributed by atoms with Crippen molar-refractivity contribution in [2.75, 3.05) is 7.05 Å². The molecule has 1 nitrogen and oxygen atoms in total. The van der Waals surface area contributed by atoms with Crippen molar-refractivity contribution in [1.82, 2.24) is 5.32 Å². The molecule has 1 unspecified atom stereocenters. The maximum atomic E-state index is 13.8. The molecule has 1 aromatic rings. The molecule has 1 fully saturated rings. The minimum atomic E-state index is -0.431. The molecule has 0 amide bonds. The Morgan fingerprint density at radius 3 is 2.26 bits per heavy atom. The Morgan fingerprint density at radius 1 is 1.16 bits per heavy atom. The molecule has 1 aliphatic rings. The summed E-state index contributed by atoms with van der Waals surface area (Å²) in [5.74, 6) is -0.862. The molecule has 0 aliphatic heterocycles. The van der Waals surface area contributed by atoms with Crippen molar-refractivity contribution < 1.29 is 8.78 Å². The highest BCUT2D eigenvalue weighted by Crippen LogP contribution is 2.40. The van der Waals surface area contributed by atoms with E-state index < -0.39 is 11.6 Å². The van der Waals surface area contributed by atoms with Gasteiger partial charge >= 0.3 is 0 Å². The lowest BCUT2D eigenvalue weighted by Crippen LogP contribution is -2.45. The molecule has 1 N–H and O–H groups in total. The molecule has 1 atom stereocenters. The van der Waals surface area contributed by atoms with Gasteiger partial charge in [-0.2, -0.15) is 0 Å². The summed E-state index contributed by atoms with van der Waals surface area (Å²) in [5, 5.41) is 3.28. The minimum Gasteiger partial charge on any atom is -0.316 e. The van der Waals surface area contributed by atoms with Gasteiger partial charge in [-0.05, 0) is 43.9 Å². The van der Waals surface area contributed by atoms with Crippen molar-refractivity contribution in [3.05, 3.63) is 35.4 Å². The minimum absolute atomic E-state index is 0.124. The smallest absolute Gasteiger partial charge is 0.129 e. The average molecular weight is 267 g/mol. The molecule has 0 heterocycles. The van der Waals surface area contributed by atoms with Crippen LogP contribution >= 0.6 is 0 Å². The highest BCUT2D eigenvalue weighted by atomic mass is 19.1. The first-order valence-electron chi connectivity index (χ1n) is 7.17. The normalized spacial score (nSPS) is 20.2. The largest absolute Gasteiger partial charge is 0.316 e. The Morgan fingerprint density at radius 2 is 1.74 bits per heavy atom. The molecule has 0 aromatic heterocycles. The summed E-state index contributed by atoms with van der Waals surface area (Å²) in [4.78, 5) is 0. The highest BCUT2D eigenvalue weighted by molar-refractivity contribution is 5.21. The summed E-state index contributed by atoms with van der Waals surface area (Å²) < 4.78 is 27.5. The number of hydrogen-bond donors (Lipinski definition) is 1. The molecule has 106 valence electrons. The van der Waals surface area contributed by atoms with Crippen LogP contribution in [0.5, 0.6) is 0 Å². The second-order valence-corrected chi connectivity index (χ2v) is 5.96. The second kappa shape index (κ2) is 6.00. The zero-order chi connectivity index (χ0) is 13.9. The van der Waals surface area contributed by atoms with Crippen molar-refractivity contribution in [3.63, 3.8) is 0 Å². The van der Waals surface area contributed by atoms with Crippen molar-refractivity contribution in [2.45, 2.75) is 51.5 Å². The van der Waals surface area contributed by atoms with Gasteiger partial charge in [-0.15, -0.1) is 0 Å². The average Bonchev–Trinajstić information content (AvgIpc) is 2.39. The van der Waals surface area contributed by atoms with Crippen molar-refractivity contribution in [2.24, 2.45) is 5.41 Å². The standard InChI is InChI=1S/C16H23F2N/c1-16(9-4-3-5-10-16)15(19-2)11-12-13(17)7-6-8-14(12)18/h6-8,15,19H,3-5,9-11H2,1-2H3. The summed E-state index contributed by atoms with van der Waals surface area (Å²) in [7, 11) is 1.89. The van der Waals surface area contributed by atoms with Gasteiger partial charge in [0, 0.05) is 11.6 Å². The van der Waals surface area contributed by atoms with E-state index in [0.717, 1.165) is 12.8 Å². The number of hydrogen-bond acceptors (Lipinski definition) is 1. The first kappa shape index (κ1) is 14.4. The summed E-state index contributed by atoms with van der Waals surface area (Å²) >= 11 is 0. The van der Waals surface area contributed by atoms with E-state index in [2.05, 4.69) is 12.2 Å². The lowest BCUT2D eigenvalue weighted by Gasteiger charge is -2.41. The molecule has 1 aliphatic carbocycles. The Bertz CT molecular complexity index is 405. The van der Waals surface area contributed by atoms with E-state index in [9.17, 15) is 8.78 Å². The van der Waals surface area contributed by atoms with E-state index in [4.69, 9.17) is 0 Å². The molecule has 1 saturated carbocycles. The van der Waals surface area contributed by atoms with E-state index in [-0.39, 0.29) is 17.0 Å². The molecule has 0 saturated heterocycles. The number of halogens is 2. The van der Waals surface area contributed by atoms with Gasteiger partial charge in [-0.1, -0.05) is 32.3 Å². The van der Waals surface area contributed by atoms with Crippen molar-refractivity contribution in [3.8, 4) is 0 Å². The fourth-order valence-corrected chi connectivity index (χ4v) is 3.34. The van der Waals surface area contributed by atoms with Crippen LogP contribution in [-0.4, -0.2) is 13.1 Å². The monoisotopic (exact) mass is 267 g/mol. The van der Waals surface area contributed by atoms with E-state index in [1.54, 1.807) is 0 Å². The third-order valence-corrected chi connectivity index (χ3v) is 4.66. The van der Waals surface area contributed by atoms with Crippen LogP contribution in [0.3, 0.4) is 0 Å². The van der Waals surface area contributed by atoms with Gasteiger partial charge in [0.1, 0.15) is 11.6 Å². The topological polar surface area (TPSA) is 12.0 Å². The van der Waals surface area contributed by atoms with Gasteiger partial charge in [-0.25, -0.2) is 8.78 Å². The second-order valence-electron chi connectivity index (χ2n) is 5.96. The molecule has 0 spiro atoms. The van der Waals surface area contributed by atoms with Gasteiger partial charge in [0.05, 0.1) is 0 Å². The zero-order valence-corrected chi connectivity index (χ0v) is 11.8. The molecule has 0 bridgehead atoms. The SMILES string of the molecule is CNC(Cc1c(F)cccc1F)C1(C)CCCCC1. The van der Waals surface area contributed by atoms with E-state index in [1.165, 1.54) is 37.5 Å². The number of rotatable bonds is 4. The Hall–Kier alpha value is -0.960. The van der Waals surface area contributed by atoms with Crippen LogP contribution < -0.4 is 5.32 Å². The predicted octanol–water partition coefficient (Wildman–Crippen LogP) is 4.07. The van der Waals surface area contributed by atoms with Gasteiger partial charge in [-0.3, -0.25) is 0 Å². The lowest BCUT2D eigenvalue weighted by molar-refractivity contribution is 0.148. The first-order valence-corrected chi connectivity index (χ1v) is 7.17. The van der Waals surface area contributed by atoms with Crippen molar-refractivity contribution in [1.29, 1.82) is 0 Å². The van der Waals surface area contributed by atoms with Crippen LogP contribution in [0.15, 0.2) is 18.2 Å². The fraction of sp³-hybridized carbons (Fsp3) is 0.625. The molecule has 0 radical (unpaired) electrons. The maximum absolute atomic E-state index is 13.8. The lowest BCUT2D eigenvalue weighted by atomic mass is 9.69. The Balaban J connectivity index is 2.19. The predicted molar refractivity (Wildman–Crippen MR) is 74.1 cm³/mol. The van der Waals surface area contributed by atoms with Crippen molar-refractivity contribution >= 4 is 0 Å². The number of nitrogens with one attached hydrogen (secondary N) is 1. The van der Waals surface area contributed by atoms with E-state index >= 15 is 0 Å². The molecule has 2 rings (SSSR count). The summed E-state index contributed by atoms with van der Waals surface area (Å²) in [5.41, 5.74) is 0.357. The third-order valence-electron chi connectivity index (χ3n) is 4.66. The summed E-state index contributed by atoms with van der Waals surface area (Å²) in [6, 6.07) is 4.23. The van der Waals surface area contributed by atoms with Crippen LogP contribution in [0.25, 0.3) is 0 Å². The first-order chi connectivity index (χ1) is 9.07. The maximum Gasteiger partial charge on any atom is 0.129 e. The Labute approximate surface area is 114 Å². The number of likely N-dealkylation sites (N-methyl/N-ethyl adjacent to an activating group) is 1. The molecular weight excluding hydrogens is 244 g/mol. The summed E-state index contributed by atoms with van der Waals surface area (Å²) in [6.45, 7) is 2.24. The van der Waals surface area contributed by atoms with Gasteiger partial charge < -0.3 is 5.32 Å². The Kier molecular flexibility index (Phi) is 4.56. The number of benzene rings is 1. The zero-order valence-electron chi connectivity index (χ0n) is 11.8. The molecule has 19 heavy (non-hydrogen) atoms. The molecule has 1 aromatic carbocycles. The van der Waals surface area contributed by atoms with Gasteiger partial charge in [0.2, 0.25) is 0 Å². The van der Waals surface area contributed by atoms with Crippen LogP contribution in [0.4, 0.5) is 8.78 Å². The van der Waals surface area contributed by atoms with Gasteiger partial charge in [0.25, 0.3) is 0 Å². The van der Waals surface area contributed by atoms with Crippen LogP contribution in [0.2, 0.25) is 0 Å². The van der Waals surface area contributed by atoms with E-state index in [0.29, 0.717) is 6.42 Å². The van der Waals surface area contributed by atoms with Crippen LogP contribution in [-0.2, 0) is 6.42 Å². The van der Waals surface area contributed by atoms with Crippen LogP contribution in [0, 0.1) is 17.0 Å². The fourth-order valence-electron chi connectivity index (χ4n) is 3.34. The highest BCUT2D eigenvalue weighted by Gasteiger charge is 2.35. The summed E-state index contributed by atoms with van der Waals surface area (Å²) in [6.07, 6.45) is 6.40. The third kappa shape index (κ3) is 3.14.